The van der Waals surface area contributed by atoms with Gasteiger partial charge in [0.15, 0.2) is 0 Å². The van der Waals surface area contributed by atoms with Gasteiger partial charge < -0.3 is 15.2 Å². The van der Waals surface area contributed by atoms with Crippen LogP contribution in [0.4, 0.5) is 0 Å². The fourth-order valence-corrected chi connectivity index (χ4v) is 1.86. The maximum absolute atomic E-state index is 11.6. The number of hydrogen-bond acceptors (Lipinski definition) is 4. The van der Waals surface area contributed by atoms with E-state index in [1.165, 1.54) is 0 Å². The lowest BCUT2D eigenvalue weighted by atomic mass is 9.84. The fourth-order valence-electron chi connectivity index (χ4n) is 1.86. The van der Waals surface area contributed by atoms with Crippen molar-refractivity contribution in [3.8, 4) is 5.75 Å². The van der Waals surface area contributed by atoms with Gasteiger partial charge in [0, 0.05) is 6.42 Å². The van der Waals surface area contributed by atoms with Crippen LogP contribution in [0.2, 0.25) is 0 Å². The van der Waals surface area contributed by atoms with Crippen LogP contribution in [0.5, 0.6) is 5.75 Å². The standard InChI is InChI=1S/C16H25NO3/c1-16(2,10-11-17)9-8-15(18)20-13-12-19-14-6-4-3-5-7-14/h3-7H,8-13,17H2,1-2H3. The highest BCUT2D eigenvalue weighted by Crippen LogP contribution is 2.25. The molecule has 1 aromatic rings. The Labute approximate surface area is 121 Å². The quantitative estimate of drug-likeness (QED) is 0.558. The minimum atomic E-state index is -0.174. The largest absolute Gasteiger partial charge is 0.490 e. The van der Waals surface area contributed by atoms with Crippen LogP contribution in [0.3, 0.4) is 0 Å². The number of para-hydroxylation sites is 1. The molecule has 0 unspecified atom stereocenters. The van der Waals surface area contributed by atoms with Crippen LogP contribution in [-0.4, -0.2) is 25.7 Å². The molecule has 0 saturated carbocycles. The minimum Gasteiger partial charge on any atom is -0.490 e. The molecule has 0 heterocycles. The molecule has 0 amide bonds. The lowest BCUT2D eigenvalue weighted by Crippen LogP contribution is -2.19. The van der Waals surface area contributed by atoms with Crippen molar-refractivity contribution in [3.05, 3.63) is 30.3 Å². The van der Waals surface area contributed by atoms with Crippen molar-refractivity contribution < 1.29 is 14.3 Å². The summed E-state index contributed by atoms with van der Waals surface area (Å²) in [7, 11) is 0. The van der Waals surface area contributed by atoms with Crippen LogP contribution in [0, 0.1) is 5.41 Å². The van der Waals surface area contributed by atoms with Crippen molar-refractivity contribution in [2.45, 2.75) is 33.1 Å². The summed E-state index contributed by atoms with van der Waals surface area (Å²) < 4.78 is 10.6. The molecule has 1 aromatic carbocycles. The molecule has 4 nitrogen and oxygen atoms in total. The van der Waals surface area contributed by atoms with Gasteiger partial charge in [0.2, 0.25) is 0 Å². The summed E-state index contributed by atoms with van der Waals surface area (Å²) in [6, 6.07) is 9.48. The molecule has 0 atom stereocenters. The third-order valence-corrected chi connectivity index (χ3v) is 3.19. The number of rotatable bonds is 9. The fraction of sp³-hybridized carbons (Fsp3) is 0.562. The van der Waals surface area contributed by atoms with E-state index in [-0.39, 0.29) is 18.0 Å². The van der Waals surface area contributed by atoms with E-state index in [0.717, 1.165) is 18.6 Å². The van der Waals surface area contributed by atoms with Crippen LogP contribution in [0.1, 0.15) is 33.1 Å². The molecule has 0 bridgehead atoms. The summed E-state index contributed by atoms with van der Waals surface area (Å²) in [5.74, 6) is 0.611. The highest BCUT2D eigenvalue weighted by atomic mass is 16.6. The Balaban J connectivity index is 2.11. The number of benzene rings is 1. The molecule has 0 spiro atoms. The summed E-state index contributed by atoms with van der Waals surface area (Å²) in [5, 5.41) is 0. The van der Waals surface area contributed by atoms with Gasteiger partial charge in [0.1, 0.15) is 19.0 Å². The Morgan fingerprint density at radius 1 is 1.15 bits per heavy atom. The third kappa shape index (κ3) is 7.14. The summed E-state index contributed by atoms with van der Waals surface area (Å²) >= 11 is 0. The normalized spacial score (nSPS) is 11.2. The van der Waals surface area contributed by atoms with Gasteiger partial charge in [-0.3, -0.25) is 4.79 Å². The van der Waals surface area contributed by atoms with Crippen molar-refractivity contribution in [2.75, 3.05) is 19.8 Å². The van der Waals surface area contributed by atoms with E-state index in [1.807, 2.05) is 30.3 Å². The molecule has 0 fully saturated rings. The lowest BCUT2D eigenvalue weighted by Gasteiger charge is -2.23. The predicted molar refractivity (Wildman–Crippen MR) is 79.6 cm³/mol. The number of esters is 1. The highest BCUT2D eigenvalue weighted by molar-refractivity contribution is 5.69. The second-order valence-electron chi connectivity index (χ2n) is 5.58. The van der Waals surface area contributed by atoms with Crippen LogP contribution in [0.15, 0.2) is 30.3 Å². The molecular weight excluding hydrogens is 254 g/mol. The first-order valence-electron chi connectivity index (χ1n) is 7.07. The third-order valence-electron chi connectivity index (χ3n) is 3.19. The Morgan fingerprint density at radius 3 is 2.50 bits per heavy atom. The van der Waals surface area contributed by atoms with Crippen LogP contribution in [-0.2, 0) is 9.53 Å². The number of hydrogen-bond donors (Lipinski definition) is 1. The Morgan fingerprint density at radius 2 is 1.85 bits per heavy atom. The zero-order valence-corrected chi connectivity index (χ0v) is 12.4. The van der Waals surface area contributed by atoms with E-state index in [9.17, 15) is 4.79 Å². The lowest BCUT2D eigenvalue weighted by molar-refractivity contribution is -0.145. The molecule has 0 aliphatic heterocycles. The van der Waals surface area contributed by atoms with Gasteiger partial charge in [-0.1, -0.05) is 32.0 Å². The first kappa shape index (κ1) is 16.5. The van der Waals surface area contributed by atoms with Crippen LogP contribution in [0.25, 0.3) is 0 Å². The van der Waals surface area contributed by atoms with E-state index in [0.29, 0.717) is 19.6 Å². The monoisotopic (exact) mass is 279 g/mol. The van der Waals surface area contributed by atoms with Gasteiger partial charge in [-0.05, 0) is 36.9 Å². The average molecular weight is 279 g/mol. The molecule has 0 aromatic heterocycles. The van der Waals surface area contributed by atoms with Gasteiger partial charge in [-0.25, -0.2) is 0 Å². The minimum absolute atomic E-state index is 0.0916. The second kappa shape index (κ2) is 8.59. The van der Waals surface area contributed by atoms with Crippen LogP contribution < -0.4 is 10.5 Å². The summed E-state index contributed by atoms with van der Waals surface area (Å²) in [6.07, 6.45) is 2.14. The van der Waals surface area contributed by atoms with E-state index in [2.05, 4.69) is 13.8 Å². The van der Waals surface area contributed by atoms with Crippen molar-refractivity contribution in [3.63, 3.8) is 0 Å². The topological polar surface area (TPSA) is 61.6 Å². The highest BCUT2D eigenvalue weighted by Gasteiger charge is 2.18. The van der Waals surface area contributed by atoms with E-state index in [4.69, 9.17) is 15.2 Å². The molecule has 112 valence electrons. The second-order valence-corrected chi connectivity index (χ2v) is 5.58. The maximum Gasteiger partial charge on any atom is 0.305 e. The molecule has 1 rings (SSSR count). The van der Waals surface area contributed by atoms with Gasteiger partial charge in [0.25, 0.3) is 0 Å². The smallest absolute Gasteiger partial charge is 0.305 e. The summed E-state index contributed by atoms with van der Waals surface area (Å²) in [6.45, 7) is 5.54. The van der Waals surface area contributed by atoms with Crippen molar-refractivity contribution in [1.82, 2.24) is 0 Å². The Kier molecular flexibility index (Phi) is 7.09. The summed E-state index contributed by atoms with van der Waals surface area (Å²) in [4.78, 5) is 11.6. The van der Waals surface area contributed by atoms with Gasteiger partial charge in [-0.15, -0.1) is 0 Å². The SMILES string of the molecule is CC(C)(CCN)CCC(=O)OCCOc1ccccc1. The van der Waals surface area contributed by atoms with Crippen molar-refractivity contribution in [2.24, 2.45) is 11.1 Å². The molecule has 0 saturated heterocycles. The van der Waals surface area contributed by atoms with Gasteiger partial charge in [0.05, 0.1) is 0 Å². The number of ether oxygens (including phenoxy) is 2. The molecule has 0 aliphatic rings. The molecule has 4 heteroatoms. The number of carbonyl (C=O) groups is 1. The Hall–Kier alpha value is -1.55. The van der Waals surface area contributed by atoms with Gasteiger partial charge in [-0.2, -0.15) is 0 Å². The zero-order chi connectivity index (χ0) is 14.8. The first-order chi connectivity index (χ1) is 9.53. The van der Waals surface area contributed by atoms with Crippen LogP contribution >= 0.6 is 0 Å². The molecule has 20 heavy (non-hydrogen) atoms. The number of carbonyl (C=O) groups excluding carboxylic acids is 1. The van der Waals surface area contributed by atoms with E-state index >= 15 is 0 Å². The van der Waals surface area contributed by atoms with E-state index < -0.39 is 0 Å². The Bertz CT molecular complexity index is 390. The van der Waals surface area contributed by atoms with Crippen molar-refractivity contribution in [1.29, 1.82) is 0 Å². The molecule has 0 aliphatic carbocycles. The molecular formula is C16H25NO3. The van der Waals surface area contributed by atoms with E-state index in [1.54, 1.807) is 0 Å². The maximum atomic E-state index is 11.6. The van der Waals surface area contributed by atoms with Crippen molar-refractivity contribution >= 4 is 5.97 Å². The average Bonchev–Trinajstić information content (AvgIpc) is 2.43. The van der Waals surface area contributed by atoms with Gasteiger partial charge >= 0.3 is 5.97 Å². The number of nitrogens with two attached hydrogens (primary N) is 1. The first-order valence-corrected chi connectivity index (χ1v) is 7.07. The predicted octanol–water partition coefficient (Wildman–Crippen LogP) is 2.76. The zero-order valence-electron chi connectivity index (χ0n) is 12.4. The molecule has 0 radical (unpaired) electrons. The molecule has 2 N–H and O–H groups in total. The summed E-state index contributed by atoms with van der Waals surface area (Å²) in [5.41, 5.74) is 5.63.